The quantitative estimate of drug-likeness (QED) is 0.783. The van der Waals surface area contributed by atoms with Crippen molar-refractivity contribution in [2.45, 2.75) is 24.0 Å². The number of hydrogen-bond acceptors (Lipinski definition) is 4. The second kappa shape index (κ2) is 4.15. The van der Waals surface area contributed by atoms with Crippen LogP contribution in [-0.4, -0.2) is 46.6 Å². The lowest BCUT2D eigenvalue weighted by atomic mass is 10.2. The van der Waals surface area contributed by atoms with E-state index >= 15 is 0 Å². The molecule has 1 aliphatic rings. The topological polar surface area (TPSA) is 75.4 Å². The summed E-state index contributed by atoms with van der Waals surface area (Å²) in [6, 6.07) is -0.304. The van der Waals surface area contributed by atoms with Gasteiger partial charge in [-0.1, -0.05) is 0 Å². The number of rotatable bonds is 3. The molecule has 0 radical (unpaired) electrons. The molecule has 1 atom stereocenters. The van der Waals surface area contributed by atoms with Gasteiger partial charge in [-0.15, -0.1) is 0 Å². The summed E-state index contributed by atoms with van der Waals surface area (Å²) in [4.78, 5) is 3.85. The van der Waals surface area contributed by atoms with E-state index in [0.717, 1.165) is 6.42 Å². The summed E-state index contributed by atoms with van der Waals surface area (Å²) in [6.45, 7) is 0.323. The minimum absolute atomic E-state index is 0.0350. The van der Waals surface area contributed by atoms with Crippen molar-refractivity contribution in [1.82, 2.24) is 13.9 Å². The van der Waals surface area contributed by atoms with Gasteiger partial charge in [0.15, 0.2) is 0 Å². The Morgan fingerprint density at radius 3 is 2.94 bits per heavy atom. The van der Waals surface area contributed by atoms with Crippen LogP contribution in [0.15, 0.2) is 17.6 Å². The van der Waals surface area contributed by atoms with Crippen LogP contribution in [0.4, 0.5) is 0 Å². The zero-order chi connectivity index (χ0) is 11.8. The zero-order valence-corrected chi connectivity index (χ0v) is 9.89. The summed E-state index contributed by atoms with van der Waals surface area (Å²) in [7, 11) is -1.92. The van der Waals surface area contributed by atoms with Gasteiger partial charge in [-0.05, 0) is 12.8 Å². The Kier molecular flexibility index (Phi) is 3.00. The van der Waals surface area contributed by atoms with E-state index in [-0.39, 0.29) is 17.8 Å². The normalized spacial score (nSPS) is 22.8. The second-order valence-corrected chi connectivity index (χ2v) is 5.70. The highest BCUT2D eigenvalue weighted by Gasteiger charge is 2.36. The Bertz CT molecular complexity index is 468. The van der Waals surface area contributed by atoms with Crippen molar-refractivity contribution in [1.29, 1.82) is 0 Å². The zero-order valence-electron chi connectivity index (χ0n) is 9.07. The molecular weight excluding hydrogens is 230 g/mol. The van der Waals surface area contributed by atoms with Gasteiger partial charge in [0.25, 0.3) is 10.0 Å². The molecule has 0 unspecified atom stereocenters. The van der Waals surface area contributed by atoms with Gasteiger partial charge in [-0.2, -0.15) is 4.31 Å². The smallest absolute Gasteiger partial charge is 0.277 e. The molecule has 0 bridgehead atoms. The van der Waals surface area contributed by atoms with Gasteiger partial charge in [-0.25, -0.2) is 13.4 Å². The van der Waals surface area contributed by atoms with Crippen molar-refractivity contribution >= 4 is 10.0 Å². The maximum atomic E-state index is 12.2. The van der Waals surface area contributed by atoms with Crippen LogP contribution in [0.2, 0.25) is 0 Å². The standard InChI is InChI=1S/C9H15N3O3S/c1-11-6-4-10-9(11)16(14,15)12-5-2-3-8(12)7-13/h4,6,8,13H,2-3,5,7H2,1H3/t8-/m0/s1. The lowest BCUT2D eigenvalue weighted by Gasteiger charge is -2.21. The van der Waals surface area contributed by atoms with E-state index in [0.29, 0.717) is 13.0 Å². The maximum Gasteiger partial charge on any atom is 0.277 e. The van der Waals surface area contributed by atoms with E-state index in [1.165, 1.54) is 15.1 Å². The fourth-order valence-electron chi connectivity index (χ4n) is 2.01. The highest BCUT2D eigenvalue weighted by molar-refractivity contribution is 7.89. The summed E-state index contributed by atoms with van der Waals surface area (Å²) >= 11 is 0. The molecular formula is C9H15N3O3S. The van der Waals surface area contributed by atoms with E-state index in [1.807, 2.05) is 0 Å². The van der Waals surface area contributed by atoms with E-state index in [1.54, 1.807) is 13.2 Å². The van der Waals surface area contributed by atoms with E-state index in [4.69, 9.17) is 5.11 Å². The molecule has 0 amide bonds. The molecule has 90 valence electrons. The molecule has 0 aliphatic carbocycles. The SMILES string of the molecule is Cn1ccnc1S(=O)(=O)N1CCC[C@H]1CO. The minimum Gasteiger partial charge on any atom is -0.395 e. The average Bonchev–Trinajstić information content (AvgIpc) is 2.85. The van der Waals surface area contributed by atoms with Gasteiger partial charge in [0.05, 0.1) is 6.61 Å². The summed E-state index contributed by atoms with van der Waals surface area (Å²) in [5.41, 5.74) is 0. The van der Waals surface area contributed by atoms with Gasteiger partial charge in [0.2, 0.25) is 5.16 Å². The van der Waals surface area contributed by atoms with Crippen LogP contribution < -0.4 is 0 Å². The predicted octanol–water partition coefficient (Wildman–Crippen LogP) is -0.435. The molecule has 2 rings (SSSR count). The Morgan fingerprint density at radius 2 is 2.38 bits per heavy atom. The maximum absolute atomic E-state index is 12.2. The molecule has 1 fully saturated rings. The van der Waals surface area contributed by atoms with Crippen LogP contribution in [0, 0.1) is 0 Å². The minimum atomic E-state index is -3.56. The van der Waals surface area contributed by atoms with E-state index in [2.05, 4.69) is 4.98 Å². The number of sulfonamides is 1. The summed E-state index contributed by atoms with van der Waals surface area (Å²) in [6.07, 6.45) is 4.54. The van der Waals surface area contributed by atoms with Crippen LogP contribution in [-0.2, 0) is 17.1 Å². The number of nitrogens with zero attached hydrogens (tertiary/aromatic N) is 3. The number of aromatic nitrogens is 2. The molecule has 0 saturated carbocycles. The summed E-state index contributed by atoms with van der Waals surface area (Å²) < 4.78 is 27.3. The molecule has 16 heavy (non-hydrogen) atoms. The molecule has 6 nitrogen and oxygen atoms in total. The lowest BCUT2D eigenvalue weighted by molar-refractivity contribution is 0.213. The number of hydrogen-bond donors (Lipinski definition) is 1. The number of aryl methyl sites for hydroxylation is 1. The average molecular weight is 245 g/mol. The number of imidazole rings is 1. The fraction of sp³-hybridized carbons (Fsp3) is 0.667. The molecule has 1 N–H and O–H groups in total. The van der Waals surface area contributed by atoms with Crippen molar-refractivity contribution in [2.24, 2.45) is 7.05 Å². The fourth-order valence-corrected chi connectivity index (χ4v) is 3.78. The van der Waals surface area contributed by atoms with Crippen LogP contribution in [0.5, 0.6) is 0 Å². The highest BCUT2D eigenvalue weighted by Crippen LogP contribution is 2.24. The first-order valence-electron chi connectivity index (χ1n) is 5.17. The van der Waals surface area contributed by atoms with Crippen molar-refractivity contribution in [3.05, 3.63) is 12.4 Å². The highest BCUT2D eigenvalue weighted by atomic mass is 32.2. The van der Waals surface area contributed by atoms with Crippen molar-refractivity contribution < 1.29 is 13.5 Å². The molecule has 7 heteroatoms. The first kappa shape index (κ1) is 11.6. The predicted molar refractivity (Wildman–Crippen MR) is 57.2 cm³/mol. The molecule has 0 spiro atoms. The van der Waals surface area contributed by atoms with E-state index in [9.17, 15) is 8.42 Å². The lowest BCUT2D eigenvalue weighted by Crippen LogP contribution is -2.38. The van der Waals surface area contributed by atoms with Gasteiger partial charge in [0.1, 0.15) is 0 Å². The van der Waals surface area contributed by atoms with Crippen molar-refractivity contribution in [2.75, 3.05) is 13.2 Å². The summed E-state index contributed by atoms with van der Waals surface area (Å²) in [5.74, 6) is 0. The molecule has 1 aliphatic heterocycles. The van der Waals surface area contributed by atoms with Crippen LogP contribution in [0.1, 0.15) is 12.8 Å². The Hall–Kier alpha value is -0.920. The molecule has 1 saturated heterocycles. The molecule has 1 aromatic rings. The van der Waals surface area contributed by atoms with Gasteiger partial charge in [-0.3, -0.25) is 0 Å². The number of aliphatic hydroxyl groups is 1. The largest absolute Gasteiger partial charge is 0.395 e. The van der Waals surface area contributed by atoms with Crippen molar-refractivity contribution in [3.8, 4) is 0 Å². The van der Waals surface area contributed by atoms with Crippen LogP contribution in [0.3, 0.4) is 0 Å². The molecule has 2 heterocycles. The Morgan fingerprint density at radius 1 is 1.62 bits per heavy atom. The van der Waals surface area contributed by atoms with Gasteiger partial charge in [0, 0.05) is 32.0 Å². The van der Waals surface area contributed by atoms with Crippen molar-refractivity contribution in [3.63, 3.8) is 0 Å². The first-order valence-corrected chi connectivity index (χ1v) is 6.61. The molecule has 1 aromatic heterocycles. The van der Waals surface area contributed by atoms with Crippen LogP contribution in [0.25, 0.3) is 0 Å². The Balaban J connectivity index is 2.36. The van der Waals surface area contributed by atoms with E-state index < -0.39 is 10.0 Å². The third-order valence-electron chi connectivity index (χ3n) is 2.85. The third-order valence-corrected chi connectivity index (χ3v) is 4.80. The molecule has 0 aromatic carbocycles. The number of aliphatic hydroxyl groups excluding tert-OH is 1. The summed E-state index contributed by atoms with van der Waals surface area (Å²) in [5, 5.41) is 9.17. The monoisotopic (exact) mass is 245 g/mol. The first-order chi connectivity index (χ1) is 7.57. The second-order valence-electron chi connectivity index (χ2n) is 3.92. The van der Waals surface area contributed by atoms with Crippen LogP contribution >= 0.6 is 0 Å². The van der Waals surface area contributed by atoms with Gasteiger partial charge >= 0.3 is 0 Å². The Labute approximate surface area is 94.6 Å². The third kappa shape index (κ3) is 1.74. The van der Waals surface area contributed by atoms with Gasteiger partial charge < -0.3 is 9.67 Å².